The molecule has 27 heavy (non-hydrogen) atoms. The summed E-state index contributed by atoms with van der Waals surface area (Å²) in [6.07, 6.45) is -0.172. The van der Waals surface area contributed by atoms with E-state index < -0.39 is 24.0 Å². The van der Waals surface area contributed by atoms with Crippen molar-refractivity contribution in [3.63, 3.8) is 0 Å². The van der Waals surface area contributed by atoms with E-state index in [1.54, 1.807) is 24.3 Å². The minimum atomic E-state index is -1.09. The van der Waals surface area contributed by atoms with E-state index in [9.17, 15) is 14.4 Å². The maximum Gasteiger partial charge on any atom is 0.338 e. The Morgan fingerprint density at radius 1 is 1.19 bits per heavy atom. The predicted octanol–water partition coefficient (Wildman–Crippen LogP) is 2.30. The summed E-state index contributed by atoms with van der Waals surface area (Å²) in [5, 5.41) is 11.0. The number of hydrazone groups is 1. The molecule has 0 unspecified atom stereocenters. The quantitative estimate of drug-likeness (QED) is 0.744. The molecule has 0 bridgehead atoms. The Balaban J connectivity index is 1.86. The van der Waals surface area contributed by atoms with E-state index in [0.29, 0.717) is 12.1 Å². The summed E-state index contributed by atoms with van der Waals surface area (Å²) >= 11 is 0. The van der Waals surface area contributed by atoms with Gasteiger partial charge in [-0.05, 0) is 44.0 Å². The van der Waals surface area contributed by atoms with Gasteiger partial charge in [-0.3, -0.25) is 15.1 Å². The molecular formula is C19H26N4O4. The number of nitrogens with one attached hydrogen (secondary N) is 2. The lowest BCUT2D eigenvalue weighted by molar-refractivity contribution is -0.127. The molecule has 1 aliphatic heterocycles. The molecular weight excluding hydrogens is 348 g/mol. The number of carbonyl (C=O) groups is 3. The van der Waals surface area contributed by atoms with Gasteiger partial charge in [-0.15, -0.1) is 0 Å². The second-order valence-electron chi connectivity index (χ2n) is 6.90. The Bertz CT molecular complexity index is 728. The zero-order valence-electron chi connectivity index (χ0n) is 16.1. The average molecular weight is 374 g/mol. The number of ether oxygens (including phenoxy) is 1. The van der Waals surface area contributed by atoms with E-state index in [0.717, 1.165) is 24.4 Å². The zero-order chi connectivity index (χ0) is 20.0. The van der Waals surface area contributed by atoms with Crippen molar-refractivity contribution in [3.05, 3.63) is 29.8 Å². The van der Waals surface area contributed by atoms with Crippen molar-refractivity contribution in [2.45, 2.75) is 40.2 Å². The van der Waals surface area contributed by atoms with Gasteiger partial charge in [-0.2, -0.15) is 5.10 Å². The number of urea groups is 1. The Morgan fingerprint density at radius 3 is 2.41 bits per heavy atom. The number of benzene rings is 1. The summed E-state index contributed by atoms with van der Waals surface area (Å²) in [6.45, 7) is 8.52. The van der Waals surface area contributed by atoms with Crippen LogP contribution in [0.3, 0.4) is 0 Å². The van der Waals surface area contributed by atoms with Crippen LogP contribution in [0.4, 0.5) is 10.5 Å². The summed E-state index contributed by atoms with van der Waals surface area (Å²) in [7, 11) is 0. The van der Waals surface area contributed by atoms with Gasteiger partial charge in [0.2, 0.25) is 0 Å². The predicted molar refractivity (Wildman–Crippen MR) is 103 cm³/mol. The van der Waals surface area contributed by atoms with Gasteiger partial charge < -0.3 is 10.1 Å². The Morgan fingerprint density at radius 2 is 1.85 bits per heavy atom. The SMILES string of the molecule is CC1=NN(c2ccc(C(=O)O[C@H](C)C(=O)NC(=O)NCC(C)C)cc2)CC1. The van der Waals surface area contributed by atoms with Crippen molar-refractivity contribution in [1.29, 1.82) is 0 Å². The summed E-state index contributed by atoms with van der Waals surface area (Å²) in [5.74, 6) is -1.05. The molecule has 0 spiro atoms. The smallest absolute Gasteiger partial charge is 0.338 e. The monoisotopic (exact) mass is 374 g/mol. The van der Waals surface area contributed by atoms with Gasteiger partial charge >= 0.3 is 12.0 Å². The highest BCUT2D eigenvalue weighted by Gasteiger charge is 2.21. The first-order valence-corrected chi connectivity index (χ1v) is 8.97. The fraction of sp³-hybridized carbons (Fsp3) is 0.474. The van der Waals surface area contributed by atoms with E-state index in [1.807, 2.05) is 25.8 Å². The third-order valence-electron chi connectivity index (χ3n) is 3.94. The molecule has 3 amide bonds. The topological polar surface area (TPSA) is 100 Å². The van der Waals surface area contributed by atoms with E-state index >= 15 is 0 Å². The van der Waals surface area contributed by atoms with Crippen LogP contribution in [0.15, 0.2) is 29.4 Å². The Kier molecular flexibility index (Phi) is 6.92. The van der Waals surface area contributed by atoms with Crippen molar-refractivity contribution in [1.82, 2.24) is 10.6 Å². The standard InChI is InChI=1S/C19H26N4O4/c1-12(2)11-20-19(26)21-17(24)14(4)27-18(25)15-5-7-16(8-6-15)23-10-9-13(3)22-23/h5-8,12,14H,9-11H2,1-4H3,(H2,20,21,24,26)/t14-/m1/s1. The number of esters is 1. The third-order valence-corrected chi connectivity index (χ3v) is 3.94. The first-order valence-electron chi connectivity index (χ1n) is 8.97. The van der Waals surface area contributed by atoms with Crippen LogP contribution < -0.4 is 15.6 Å². The molecule has 0 fully saturated rings. The van der Waals surface area contributed by atoms with Crippen molar-refractivity contribution < 1.29 is 19.1 Å². The highest BCUT2D eigenvalue weighted by atomic mass is 16.5. The number of hydrogen-bond donors (Lipinski definition) is 2. The Labute approximate surface area is 158 Å². The molecule has 1 aliphatic rings. The second-order valence-corrected chi connectivity index (χ2v) is 6.90. The first kappa shape index (κ1) is 20.4. The first-order chi connectivity index (χ1) is 12.8. The average Bonchev–Trinajstić information content (AvgIpc) is 3.06. The molecule has 2 N–H and O–H groups in total. The fourth-order valence-electron chi connectivity index (χ4n) is 2.37. The van der Waals surface area contributed by atoms with E-state index in [-0.39, 0.29) is 5.92 Å². The van der Waals surface area contributed by atoms with E-state index in [2.05, 4.69) is 15.7 Å². The molecule has 8 nitrogen and oxygen atoms in total. The highest BCUT2D eigenvalue weighted by Crippen LogP contribution is 2.20. The molecule has 0 aliphatic carbocycles. The fourth-order valence-corrected chi connectivity index (χ4v) is 2.37. The molecule has 1 atom stereocenters. The molecule has 146 valence electrons. The summed E-state index contributed by atoms with van der Waals surface area (Å²) in [5.41, 5.74) is 2.27. The van der Waals surface area contributed by atoms with Crippen molar-refractivity contribution in [3.8, 4) is 0 Å². The van der Waals surface area contributed by atoms with Gasteiger partial charge in [0.05, 0.1) is 11.3 Å². The summed E-state index contributed by atoms with van der Waals surface area (Å²) in [6, 6.07) is 6.20. The molecule has 0 radical (unpaired) electrons. The van der Waals surface area contributed by atoms with Crippen LogP contribution in [0.5, 0.6) is 0 Å². The lowest BCUT2D eigenvalue weighted by atomic mass is 10.2. The maximum absolute atomic E-state index is 12.2. The number of amides is 3. The minimum Gasteiger partial charge on any atom is -0.449 e. The number of rotatable bonds is 6. The number of imide groups is 1. The molecule has 1 heterocycles. The number of anilines is 1. The van der Waals surface area contributed by atoms with Gasteiger partial charge in [0.25, 0.3) is 5.91 Å². The van der Waals surface area contributed by atoms with Crippen LogP contribution in [-0.2, 0) is 9.53 Å². The lowest BCUT2D eigenvalue weighted by Crippen LogP contribution is -2.45. The molecule has 2 rings (SSSR count). The van der Waals surface area contributed by atoms with Crippen molar-refractivity contribution in [2.24, 2.45) is 11.0 Å². The lowest BCUT2D eigenvalue weighted by Gasteiger charge is -2.15. The maximum atomic E-state index is 12.2. The zero-order valence-corrected chi connectivity index (χ0v) is 16.1. The normalized spacial score (nSPS) is 14.6. The van der Waals surface area contributed by atoms with E-state index in [1.165, 1.54) is 6.92 Å². The second kappa shape index (κ2) is 9.16. The molecule has 0 aromatic heterocycles. The largest absolute Gasteiger partial charge is 0.449 e. The third kappa shape index (κ3) is 6.09. The number of carbonyl (C=O) groups excluding carboxylic acids is 3. The Hall–Kier alpha value is -2.90. The molecule has 1 aromatic carbocycles. The van der Waals surface area contributed by atoms with E-state index in [4.69, 9.17) is 4.74 Å². The van der Waals surface area contributed by atoms with Crippen molar-refractivity contribution in [2.75, 3.05) is 18.1 Å². The number of hydrogen-bond acceptors (Lipinski definition) is 6. The van der Waals surface area contributed by atoms with Crippen LogP contribution in [0, 0.1) is 5.92 Å². The minimum absolute atomic E-state index is 0.263. The van der Waals surface area contributed by atoms with Crippen LogP contribution in [0.2, 0.25) is 0 Å². The van der Waals surface area contributed by atoms with Gasteiger partial charge in [-0.25, -0.2) is 9.59 Å². The molecule has 0 saturated carbocycles. The van der Waals surface area contributed by atoms with Crippen LogP contribution in [0.1, 0.15) is 44.5 Å². The van der Waals surface area contributed by atoms with Crippen LogP contribution in [-0.4, -0.2) is 42.8 Å². The molecule has 0 saturated heterocycles. The molecule has 8 heteroatoms. The highest BCUT2D eigenvalue weighted by molar-refractivity contribution is 5.98. The van der Waals surface area contributed by atoms with Gasteiger partial charge in [0, 0.05) is 25.2 Å². The van der Waals surface area contributed by atoms with Gasteiger partial charge in [-0.1, -0.05) is 13.8 Å². The molecule has 1 aromatic rings. The van der Waals surface area contributed by atoms with Crippen molar-refractivity contribution >= 4 is 29.3 Å². The summed E-state index contributed by atoms with van der Waals surface area (Å²) < 4.78 is 5.13. The van der Waals surface area contributed by atoms with Crippen LogP contribution >= 0.6 is 0 Å². The number of nitrogens with zero attached hydrogens (tertiary/aromatic N) is 2. The van der Waals surface area contributed by atoms with Gasteiger partial charge in [0.15, 0.2) is 6.10 Å². The summed E-state index contributed by atoms with van der Waals surface area (Å²) in [4.78, 5) is 35.8. The van der Waals surface area contributed by atoms with Crippen LogP contribution in [0.25, 0.3) is 0 Å². The van der Waals surface area contributed by atoms with Gasteiger partial charge in [0.1, 0.15) is 0 Å².